The quantitative estimate of drug-likeness (QED) is 0.358. The summed E-state index contributed by atoms with van der Waals surface area (Å²) >= 11 is 0. The van der Waals surface area contributed by atoms with Gasteiger partial charge < -0.3 is 14.6 Å². The molecule has 1 amide bonds. The van der Waals surface area contributed by atoms with Crippen LogP contribution in [0.4, 0.5) is 14.5 Å². The van der Waals surface area contributed by atoms with Crippen molar-refractivity contribution in [3.63, 3.8) is 0 Å². The predicted octanol–water partition coefficient (Wildman–Crippen LogP) is 4.06. The van der Waals surface area contributed by atoms with E-state index in [1.54, 1.807) is 36.7 Å². The Morgan fingerprint density at radius 3 is 2.58 bits per heavy atom. The molecule has 1 saturated heterocycles. The Bertz CT molecular complexity index is 1200. The molecule has 3 aromatic heterocycles. The molecule has 0 bridgehead atoms. The van der Waals surface area contributed by atoms with Gasteiger partial charge in [-0.05, 0) is 45.0 Å². The molecular formula is C24H28F2N6O. The number of amidine groups is 1. The van der Waals surface area contributed by atoms with Crippen LogP contribution >= 0.6 is 0 Å². The minimum absolute atomic E-state index is 0.00959. The molecule has 0 atom stereocenters. The van der Waals surface area contributed by atoms with Gasteiger partial charge in [-0.2, -0.15) is 0 Å². The summed E-state index contributed by atoms with van der Waals surface area (Å²) < 4.78 is 32.0. The molecule has 0 aliphatic carbocycles. The van der Waals surface area contributed by atoms with Crippen molar-refractivity contribution in [3.05, 3.63) is 47.3 Å². The number of hydrogen-bond acceptors (Lipinski definition) is 5. The molecule has 1 fully saturated rings. The second kappa shape index (κ2) is 8.97. The number of likely N-dealkylation sites (tertiary alicyclic amines) is 1. The maximum Gasteiger partial charge on any atom is 0.212 e. The molecule has 0 saturated carbocycles. The summed E-state index contributed by atoms with van der Waals surface area (Å²) in [5, 5.41) is 2.49. The Hall–Kier alpha value is -3.20. The first-order chi connectivity index (χ1) is 15.7. The molecule has 4 heterocycles. The summed E-state index contributed by atoms with van der Waals surface area (Å²) in [6, 6.07) is 3.20. The van der Waals surface area contributed by atoms with Gasteiger partial charge in [-0.1, -0.05) is 6.92 Å². The van der Waals surface area contributed by atoms with Crippen molar-refractivity contribution in [2.75, 3.05) is 19.6 Å². The fourth-order valence-electron chi connectivity index (χ4n) is 4.35. The summed E-state index contributed by atoms with van der Waals surface area (Å²) in [4.78, 5) is 26.7. The maximum atomic E-state index is 15.8. The average Bonchev–Trinajstić information content (AvgIpc) is 3.16. The van der Waals surface area contributed by atoms with Crippen LogP contribution in [0.3, 0.4) is 0 Å². The van der Waals surface area contributed by atoms with E-state index in [9.17, 15) is 9.18 Å². The number of rotatable bonds is 5. The highest BCUT2D eigenvalue weighted by Gasteiger charge is 2.39. The number of alkyl halides is 1. The molecule has 7 nitrogen and oxygen atoms in total. The van der Waals surface area contributed by atoms with E-state index in [0.717, 1.165) is 17.8 Å². The van der Waals surface area contributed by atoms with Crippen molar-refractivity contribution in [3.8, 4) is 11.3 Å². The molecule has 33 heavy (non-hydrogen) atoms. The van der Waals surface area contributed by atoms with Crippen LogP contribution in [0.25, 0.3) is 16.9 Å². The Morgan fingerprint density at radius 2 is 1.94 bits per heavy atom. The number of hydrogen-bond donors (Lipinski definition) is 1. The number of nitrogens with zero attached hydrogens (tertiary/aromatic N) is 5. The minimum atomic E-state index is -1.71. The molecule has 0 aromatic carbocycles. The summed E-state index contributed by atoms with van der Waals surface area (Å²) in [7, 11) is 0. The van der Waals surface area contributed by atoms with Gasteiger partial charge in [0.2, 0.25) is 6.41 Å². The second-order valence-electron chi connectivity index (χ2n) is 8.57. The number of aryl methyl sites for hydroxylation is 3. The first-order valence-electron chi connectivity index (χ1n) is 11.1. The van der Waals surface area contributed by atoms with Gasteiger partial charge in [0.05, 0.1) is 22.8 Å². The zero-order valence-electron chi connectivity index (χ0n) is 19.3. The normalized spacial score (nSPS) is 16.8. The average molecular weight is 455 g/mol. The van der Waals surface area contributed by atoms with Gasteiger partial charge in [0, 0.05) is 43.9 Å². The number of aromatic nitrogens is 3. The SMILES string of the molecule is CCN1CCC(F)(C(=Nc2c(C)cc(-c3cc(F)c4nc(C)cn4c3)nc2C)NC=O)CC1. The molecule has 1 N–H and O–H groups in total. The molecule has 0 radical (unpaired) electrons. The minimum Gasteiger partial charge on any atom is -0.314 e. The highest BCUT2D eigenvalue weighted by atomic mass is 19.1. The Kier molecular flexibility index (Phi) is 6.25. The lowest BCUT2D eigenvalue weighted by Gasteiger charge is -2.36. The predicted molar refractivity (Wildman–Crippen MR) is 124 cm³/mol. The first-order valence-corrected chi connectivity index (χ1v) is 11.1. The standard InChI is InChI=1S/C24H28F2N6O/c1-5-31-8-6-24(26,7-9-31)23(27-14-33)30-21-15(2)10-20(29-17(21)4)18-11-19(25)22-28-16(3)12-32(22)13-18/h10-14H,5-9H2,1-4H3,(H,27,30,33). The second-order valence-corrected chi connectivity index (χ2v) is 8.57. The zero-order chi connectivity index (χ0) is 23.8. The molecule has 1 aliphatic rings. The van der Waals surface area contributed by atoms with Gasteiger partial charge in [-0.25, -0.2) is 18.8 Å². The van der Waals surface area contributed by atoms with Gasteiger partial charge in [-0.3, -0.25) is 9.78 Å². The van der Waals surface area contributed by atoms with Crippen molar-refractivity contribution in [2.45, 2.75) is 46.2 Å². The van der Waals surface area contributed by atoms with Crippen LogP contribution in [0.15, 0.2) is 29.5 Å². The molecule has 0 unspecified atom stereocenters. The summed E-state index contributed by atoms with van der Waals surface area (Å²) in [5.41, 5.74) is 2.25. The number of carbonyl (C=O) groups is 1. The monoisotopic (exact) mass is 454 g/mol. The Morgan fingerprint density at radius 1 is 1.21 bits per heavy atom. The van der Waals surface area contributed by atoms with Crippen LogP contribution < -0.4 is 5.32 Å². The highest BCUT2D eigenvalue weighted by molar-refractivity contribution is 5.99. The number of halogens is 2. The summed E-state index contributed by atoms with van der Waals surface area (Å²) in [6.45, 7) is 9.53. The van der Waals surface area contributed by atoms with E-state index in [-0.39, 0.29) is 24.3 Å². The highest BCUT2D eigenvalue weighted by Crippen LogP contribution is 2.32. The lowest BCUT2D eigenvalue weighted by atomic mass is 9.91. The third kappa shape index (κ3) is 4.50. The number of fused-ring (bicyclic) bond motifs is 1. The number of carbonyl (C=O) groups excluding carboxylic acids is 1. The molecule has 0 spiro atoms. The summed E-state index contributed by atoms with van der Waals surface area (Å²) in [6.07, 6.45) is 4.51. The van der Waals surface area contributed by atoms with Crippen LogP contribution in [0.1, 0.15) is 36.7 Å². The molecular weight excluding hydrogens is 426 g/mol. The first kappa shape index (κ1) is 23.0. The maximum absolute atomic E-state index is 15.8. The van der Waals surface area contributed by atoms with Gasteiger partial charge >= 0.3 is 0 Å². The number of amides is 1. The van der Waals surface area contributed by atoms with E-state index in [4.69, 9.17) is 0 Å². The number of piperidine rings is 1. The van der Waals surface area contributed by atoms with Gasteiger partial charge in [-0.15, -0.1) is 0 Å². The number of nitrogens with one attached hydrogen (secondary N) is 1. The fraction of sp³-hybridized carbons (Fsp3) is 0.417. The van der Waals surface area contributed by atoms with Gasteiger partial charge in [0.25, 0.3) is 0 Å². The van der Waals surface area contributed by atoms with Crippen molar-refractivity contribution in [1.82, 2.24) is 24.6 Å². The Balaban J connectivity index is 1.72. The largest absolute Gasteiger partial charge is 0.314 e. The summed E-state index contributed by atoms with van der Waals surface area (Å²) in [5.74, 6) is -0.426. The number of imidazole rings is 1. The van der Waals surface area contributed by atoms with E-state index >= 15 is 4.39 Å². The van der Waals surface area contributed by atoms with Crippen LogP contribution in [0, 0.1) is 26.6 Å². The van der Waals surface area contributed by atoms with Crippen molar-refractivity contribution in [1.29, 1.82) is 0 Å². The Labute approximate surface area is 191 Å². The van der Waals surface area contributed by atoms with Crippen molar-refractivity contribution < 1.29 is 13.6 Å². The van der Waals surface area contributed by atoms with Gasteiger partial charge in [0.15, 0.2) is 17.1 Å². The molecule has 1 aliphatic heterocycles. The van der Waals surface area contributed by atoms with Gasteiger partial charge in [0.1, 0.15) is 5.84 Å². The number of pyridine rings is 2. The smallest absolute Gasteiger partial charge is 0.212 e. The molecule has 174 valence electrons. The number of aliphatic imine (C=N–C) groups is 1. The van der Waals surface area contributed by atoms with E-state index in [2.05, 4.69) is 25.2 Å². The lowest BCUT2D eigenvalue weighted by Crippen LogP contribution is -2.50. The van der Waals surface area contributed by atoms with Crippen LogP contribution in [-0.4, -0.2) is 56.8 Å². The van der Waals surface area contributed by atoms with Crippen LogP contribution in [0.5, 0.6) is 0 Å². The third-order valence-corrected chi connectivity index (χ3v) is 6.22. The van der Waals surface area contributed by atoms with Crippen LogP contribution in [-0.2, 0) is 4.79 Å². The molecule has 4 rings (SSSR count). The zero-order valence-corrected chi connectivity index (χ0v) is 19.3. The topological polar surface area (TPSA) is 74.9 Å². The van der Waals surface area contributed by atoms with E-state index in [0.29, 0.717) is 42.1 Å². The van der Waals surface area contributed by atoms with E-state index in [1.165, 1.54) is 6.07 Å². The molecule has 3 aromatic rings. The molecule has 9 heteroatoms. The lowest BCUT2D eigenvalue weighted by molar-refractivity contribution is -0.108. The van der Waals surface area contributed by atoms with Crippen molar-refractivity contribution in [2.24, 2.45) is 4.99 Å². The third-order valence-electron chi connectivity index (χ3n) is 6.22. The van der Waals surface area contributed by atoms with E-state index < -0.39 is 11.5 Å². The van der Waals surface area contributed by atoms with Crippen molar-refractivity contribution >= 4 is 23.6 Å². The van der Waals surface area contributed by atoms with Crippen LogP contribution in [0.2, 0.25) is 0 Å². The fourth-order valence-corrected chi connectivity index (χ4v) is 4.35. The van der Waals surface area contributed by atoms with E-state index in [1.807, 2.05) is 13.8 Å².